The first-order valence-corrected chi connectivity index (χ1v) is 7.98. The van der Waals surface area contributed by atoms with Crippen molar-refractivity contribution >= 4 is 21.5 Å². The van der Waals surface area contributed by atoms with E-state index in [9.17, 15) is 13.2 Å². The molecule has 0 unspecified atom stereocenters. The molecule has 0 amide bonds. The summed E-state index contributed by atoms with van der Waals surface area (Å²) in [5.74, 6) is -1.20. The number of ketones is 1. The van der Waals surface area contributed by atoms with Gasteiger partial charge in [-0.2, -0.15) is 0 Å². The summed E-state index contributed by atoms with van der Waals surface area (Å²) in [4.78, 5) is 12.0. The van der Waals surface area contributed by atoms with Gasteiger partial charge in [0.25, 0.3) is 0 Å². The van der Waals surface area contributed by atoms with Crippen molar-refractivity contribution in [2.75, 3.05) is 5.75 Å². The third-order valence-electron chi connectivity index (χ3n) is 3.03. The largest absolute Gasteiger partial charge is 0.409 e. The predicted octanol–water partition coefficient (Wildman–Crippen LogP) is 1.44. The lowest BCUT2D eigenvalue weighted by Gasteiger charge is -2.05. The van der Waals surface area contributed by atoms with Crippen LogP contribution in [0.5, 0.6) is 0 Å². The number of hydrogen-bond acceptors (Lipinski definition) is 5. The van der Waals surface area contributed by atoms with Gasteiger partial charge in [-0.05, 0) is 24.3 Å². The number of amidine groups is 1. The molecule has 0 saturated carbocycles. The molecule has 7 heteroatoms. The van der Waals surface area contributed by atoms with E-state index in [-0.39, 0.29) is 10.7 Å². The first kappa shape index (κ1) is 15.7. The second-order valence-corrected chi connectivity index (χ2v) is 6.55. The summed E-state index contributed by atoms with van der Waals surface area (Å²) < 4.78 is 24.5. The highest BCUT2D eigenvalue weighted by Gasteiger charge is 2.20. The van der Waals surface area contributed by atoms with Crippen LogP contribution in [0.15, 0.2) is 64.6 Å². The Morgan fingerprint density at radius 3 is 2.14 bits per heavy atom. The number of hydrogen-bond donors (Lipinski definition) is 2. The van der Waals surface area contributed by atoms with E-state index in [1.807, 2.05) is 0 Å². The van der Waals surface area contributed by atoms with Crippen LogP contribution < -0.4 is 5.73 Å². The second kappa shape index (κ2) is 6.40. The molecule has 0 bridgehead atoms. The van der Waals surface area contributed by atoms with Gasteiger partial charge in [0.1, 0.15) is 5.75 Å². The maximum Gasteiger partial charge on any atom is 0.185 e. The molecule has 0 aliphatic rings. The molecule has 3 N–H and O–H groups in total. The lowest BCUT2D eigenvalue weighted by Crippen LogP contribution is -2.17. The average molecular weight is 318 g/mol. The normalized spacial score (nSPS) is 12.1. The van der Waals surface area contributed by atoms with Crippen LogP contribution in [0, 0.1) is 0 Å². The van der Waals surface area contributed by atoms with Crippen molar-refractivity contribution in [1.82, 2.24) is 0 Å². The van der Waals surface area contributed by atoms with Gasteiger partial charge in [-0.15, -0.1) is 0 Å². The Morgan fingerprint density at radius 2 is 1.59 bits per heavy atom. The third-order valence-corrected chi connectivity index (χ3v) is 4.67. The van der Waals surface area contributed by atoms with Crippen LogP contribution in [-0.2, 0) is 9.84 Å². The number of oxime groups is 1. The summed E-state index contributed by atoms with van der Waals surface area (Å²) in [6.07, 6.45) is 0. The van der Waals surface area contributed by atoms with Crippen molar-refractivity contribution in [3.8, 4) is 0 Å². The van der Waals surface area contributed by atoms with Crippen LogP contribution in [0.2, 0.25) is 0 Å². The summed E-state index contributed by atoms with van der Waals surface area (Å²) in [6, 6.07) is 13.7. The van der Waals surface area contributed by atoms with Gasteiger partial charge in [-0.3, -0.25) is 4.79 Å². The Balaban J connectivity index is 2.22. The fourth-order valence-corrected chi connectivity index (χ4v) is 3.08. The zero-order valence-corrected chi connectivity index (χ0v) is 12.3. The minimum absolute atomic E-state index is 0.00581. The summed E-state index contributed by atoms with van der Waals surface area (Å²) in [6.45, 7) is 0. The molecular formula is C15H14N2O4S. The zero-order chi connectivity index (χ0) is 16.2. The molecule has 0 radical (unpaired) electrons. The van der Waals surface area contributed by atoms with Crippen molar-refractivity contribution in [3.63, 3.8) is 0 Å². The summed E-state index contributed by atoms with van der Waals surface area (Å²) in [5.41, 5.74) is 6.14. The van der Waals surface area contributed by atoms with Gasteiger partial charge in [-0.1, -0.05) is 35.5 Å². The summed E-state index contributed by atoms with van der Waals surface area (Å²) >= 11 is 0. The number of sulfone groups is 1. The van der Waals surface area contributed by atoms with Crippen LogP contribution in [-0.4, -0.2) is 31.0 Å². The monoisotopic (exact) mass is 318 g/mol. The van der Waals surface area contributed by atoms with Crippen LogP contribution in [0.1, 0.15) is 15.9 Å². The smallest absolute Gasteiger partial charge is 0.185 e. The number of carbonyl (C=O) groups is 1. The minimum atomic E-state index is -3.75. The Morgan fingerprint density at radius 1 is 1.00 bits per heavy atom. The molecule has 0 fully saturated rings. The lowest BCUT2D eigenvalue weighted by atomic mass is 10.2. The molecule has 0 saturated heterocycles. The van der Waals surface area contributed by atoms with Crippen molar-refractivity contribution in [3.05, 3.63) is 65.7 Å². The Bertz CT molecular complexity index is 797. The van der Waals surface area contributed by atoms with Crippen molar-refractivity contribution in [2.24, 2.45) is 10.9 Å². The maximum atomic E-state index is 12.2. The van der Waals surface area contributed by atoms with E-state index in [0.29, 0.717) is 11.1 Å². The number of Topliss-reactive ketones (excluding diaryl/α,β-unsaturated/α-hetero) is 1. The van der Waals surface area contributed by atoms with E-state index in [1.165, 1.54) is 24.3 Å². The molecule has 114 valence electrons. The van der Waals surface area contributed by atoms with E-state index in [0.717, 1.165) is 0 Å². The van der Waals surface area contributed by atoms with Gasteiger partial charge in [0.15, 0.2) is 21.5 Å². The SMILES string of the molecule is N/C(=N\O)c1ccc(S(=O)(=O)CC(=O)c2ccccc2)cc1. The lowest BCUT2D eigenvalue weighted by molar-refractivity contribution is 0.102. The number of benzene rings is 2. The van der Waals surface area contributed by atoms with Gasteiger partial charge in [0.05, 0.1) is 4.90 Å². The second-order valence-electron chi connectivity index (χ2n) is 4.56. The average Bonchev–Trinajstić information content (AvgIpc) is 2.54. The van der Waals surface area contributed by atoms with Crippen LogP contribution in [0.3, 0.4) is 0 Å². The van der Waals surface area contributed by atoms with Gasteiger partial charge in [0, 0.05) is 11.1 Å². The van der Waals surface area contributed by atoms with Crippen LogP contribution in [0.4, 0.5) is 0 Å². The van der Waals surface area contributed by atoms with Crippen molar-refractivity contribution < 1.29 is 18.4 Å². The molecule has 6 nitrogen and oxygen atoms in total. The fourth-order valence-electron chi connectivity index (χ4n) is 1.85. The highest BCUT2D eigenvalue weighted by Crippen LogP contribution is 2.14. The highest BCUT2D eigenvalue weighted by molar-refractivity contribution is 7.92. The molecule has 0 spiro atoms. The van der Waals surface area contributed by atoms with Crippen molar-refractivity contribution in [1.29, 1.82) is 0 Å². The topological polar surface area (TPSA) is 110 Å². The van der Waals surface area contributed by atoms with Crippen LogP contribution >= 0.6 is 0 Å². The quantitative estimate of drug-likeness (QED) is 0.285. The minimum Gasteiger partial charge on any atom is -0.409 e. The Kier molecular flexibility index (Phi) is 4.57. The standard InChI is InChI=1S/C15H14N2O4S/c16-15(17-19)12-6-8-13(9-7-12)22(20,21)10-14(18)11-4-2-1-3-5-11/h1-9,19H,10H2,(H2,16,17). The molecule has 0 heterocycles. The maximum absolute atomic E-state index is 12.2. The number of rotatable bonds is 5. The van der Waals surface area contributed by atoms with E-state index >= 15 is 0 Å². The molecule has 0 atom stereocenters. The van der Waals surface area contributed by atoms with E-state index in [1.54, 1.807) is 30.3 Å². The van der Waals surface area contributed by atoms with Gasteiger partial charge in [0.2, 0.25) is 0 Å². The fraction of sp³-hybridized carbons (Fsp3) is 0.0667. The molecule has 0 aromatic heterocycles. The molecule has 0 aliphatic carbocycles. The van der Waals surface area contributed by atoms with E-state index < -0.39 is 21.4 Å². The first-order valence-electron chi connectivity index (χ1n) is 6.33. The number of carbonyl (C=O) groups excluding carboxylic acids is 1. The Labute approximate surface area is 127 Å². The third kappa shape index (κ3) is 3.50. The van der Waals surface area contributed by atoms with Crippen molar-refractivity contribution in [2.45, 2.75) is 4.90 Å². The molecule has 0 aliphatic heterocycles. The Hall–Kier alpha value is -2.67. The molecule has 2 aromatic carbocycles. The molecule has 2 aromatic rings. The number of nitrogens with two attached hydrogens (primary N) is 1. The summed E-state index contributed by atoms with van der Waals surface area (Å²) in [5, 5.41) is 11.4. The molecule has 2 rings (SSSR count). The van der Waals surface area contributed by atoms with Gasteiger partial charge >= 0.3 is 0 Å². The molecule has 22 heavy (non-hydrogen) atoms. The van der Waals surface area contributed by atoms with Gasteiger partial charge in [-0.25, -0.2) is 8.42 Å². The van der Waals surface area contributed by atoms with Crippen LogP contribution in [0.25, 0.3) is 0 Å². The van der Waals surface area contributed by atoms with E-state index in [4.69, 9.17) is 10.9 Å². The summed E-state index contributed by atoms with van der Waals surface area (Å²) in [7, 11) is -3.75. The predicted molar refractivity (Wildman–Crippen MR) is 81.8 cm³/mol. The number of nitrogens with zero attached hydrogens (tertiary/aromatic N) is 1. The highest BCUT2D eigenvalue weighted by atomic mass is 32.2. The zero-order valence-electron chi connectivity index (χ0n) is 11.5. The first-order chi connectivity index (χ1) is 10.4. The van der Waals surface area contributed by atoms with E-state index in [2.05, 4.69) is 5.16 Å². The van der Waals surface area contributed by atoms with Gasteiger partial charge < -0.3 is 10.9 Å². The molecular weight excluding hydrogens is 304 g/mol.